The summed E-state index contributed by atoms with van der Waals surface area (Å²) < 4.78 is 0.786. The number of carbonyl (C=O) groups is 1. The molecule has 0 aliphatic heterocycles. The number of hydrogen-bond acceptors (Lipinski definition) is 2. The first kappa shape index (κ1) is 7.49. The highest BCUT2D eigenvalue weighted by Crippen LogP contribution is 2.20. The largest absolute Gasteiger partial charge is 0.345 e. The van der Waals surface area contributed by atoms with E-state index in [1.54, 1.807) is 12.4 Å². The average Bonchev–Trinajstić information content (AvgIpc) is 2.49. The maximum atomic E-state index is 10.5. The van der Waals surface area contributed by atoms with Gasteiger partial charge < -0.3 is 4.98 Å². The quantitative estimate of drug-likeness (QED) is 0.755. The van der Waals surface area contributed by atoms with Gasteiger partial charge in [0.25, 0.3) is 0 Å². The second kappa shape index (κ2) is 2.71. The smallest absolute Gasteiger partial charge is 0.151 e. The molecule has 12 heavy (non-hydrogen) atoms. The second-order valence-electron chi connectivity index (χ2n) is 2.41. The third kappa shape index (κ3) is 1.04. The van der Waals surface area contributed by atoms with E-state index < -0.39 is 0 Å². The van der Waals surface area contributed by atoms with Crippen molar-refractivity contribution in [3.63, 3.8) is 0 Å². The van der Waals surface area contributed by atoms with E-state index in [0.29, 0.717) is 5.56 Å². The standard InChI is InChI=1S/C8H5BrN2O/c9-6-2-8-7(10-4-11-8)1-5(6)3-12/h1-4H,(H,10,11). The van der Waals surface area contributed by atoms with Crippen molar-refractivity contribution in [1.29, 1.82) is 0 Å². The van der Waals surface area contributed by atoms with Crippen LogP contribution in [0.15, 0.2) is 22.9 Å². The van der Waals surface area contributed by atoms with Crippen LogP contribution in [-0.2, 0) is 0 Å². The molecule has 0 unspecified atom stereocenters. The Bertz CT molecular complexity index is 436. The number of benzene rings is 1. The van der Waals surface area contributed by atoms with E-state index >= 15 is 0 Å². The SMILES string of the molecule is O=Cc1cc2nc[nH]c2cc1Br. The molecular formula is C8H5BrN2O. The van der Waals surface area contributed by atoms with Gasteiger partial charge >= 0.3 is 0 Å². The van der Waals surface area contributed by atoms with Crippen LogP contribution in [0.1, 0.15) is 10.4 Å². The van der Waals surface area contributed by atoms with Crippen molar-refractivity contribution in [1.82, 2.24) is 9.97 Å². The maximum absolute atomic E-state index is 10.5. The normalized spacial score (nSPS) is 10.4. The number of nitrogens with one attached hydrogen (secondary N) is 1. The molecule has 0 aliphatic carbocycles. The summed E-state index contributed by atoms with van der Waals surface area (Å²) in [6.07, 6.45) is 2.41. The molecule has 60 valence electrons. The number of hydrogen-bond donors (Lipinski definition) is 1. The Hall–Kier alpha value is -1.16. The van der Waals surface area contributed by atoms with Gasteiger partial charge in [0.2, 0.25) is 0 Å². The Morgan fingerprint density at radius 1 is 1.50 bits per heavy atom. The molecule has 2 rings (SSSR count). The Balaban J connectivity index is 2.81. The first-order valence-electron chi connectivity index (χ1n) is 3.39. The van der Waals surface area contributed by atoms with Crippen LogP contribution in [0.5, 0.6) is 0 Å². The molecule has 0 saturated heterocycles. The van der Waals surface area contributed by atoms with Gasteiger partial charge in [-0.05, 0) is 28.1 Å². The summed E-state index contributed by atoms with van der Waals surface area (Å²) in [7, 11) is 0. The summed E-state index contributed by atoms with van der Waals surface area (Å²) in [6, 6.07) is 3.58. The fraction of sp³-hybridized carbons (Fsp3) is 0. The minimum atomic E-state index is 0.620. The predicted octanol–water partition coefficient (Wildman–Crippen LogP) is 2.14. The van der Waals surface area contributed by atoms with Gasteiger partial charge in [-0.3, -0.25) is 4.79 Å². The van der Waals surface area contributed by atoms with Crippen molar-refractivity contribution < 1.29 is 4.79 Å². The minimum Gasteiger partial charge on any atom is -0.345 e. The third-order valence-electron chi connectivity index (χ3n) is 1.67. The van der Waals surface area contributed by atoms with Crippen LogP contribution in [0.4, 0.5) is 0 Å². The zero-order valence-electron chi connectivity index (χ0n) is 6.04. The van der Waals surface area contributed by atoms with Gasteiger partial charge in [-0.1, -0.05) is 0 Å². The molecule has 1 aromatic carbocycles. The van der Waals surface area contributed by atoms with Crippen molar-refractivity contribution in [2.45, 2.75) is 0 Å². The lowest BCUT2D eigenvalue weighted by molar-refractivity contribution is 0.112. The van der Waals surface area contributed by atoms with Crippen molar-refractivity contribution in [3.8, 4) is 0 Å². The molecule has 3 nitrogen and oxygen atoms in total. The molecule has 1 aromatic heterocycles. The van der Waals surface area contributed by atoms with E-state index in [1.165, 1.54) is 0 Å². The number of nitrogens with zero attached hydrogens (tertiary/aromatic N) is 1. The van der Waals surface area contributed by atoms with Crippen LogP contribution < -0.4 is 0 Å². The minimum absolute atomic E-state index is 0.620. The Morgan fingerprint density at radius 2 is 2.33 bits per heavy atom. The van der Waals surface area contributed by atoms with E-state index in [1.807, 2.05) is 6.07 Å². The molecule has 0 bridgehead atoms. The summed E-state index contributed by atoms with van der Waals surface area (Å²) in [5.74, 6) is 0. The van der Waals surface area contributed by atoms with Crippen molar-refractivity contribution >= 4 is 33.2 Å². The number of carbonyl (C=O) groups excluding carboxylic acids is 1. The molecule has 4 heteroatoms. The lowest BCUT2D eigenvalue weighted by Gasteiger charge is -1.94. The first-order chi connectivity index (χ1) is 5.81. The number of halogens is 1. The van der Waals surface area contributed by atoms with Gasteiger partial charge in [0.05, 0.1) is 17.4 Å². The summed E-state index contributed by atoms with van der Waals surface area (Å²) in [5.41, 5.74) is 2.35. The highest BCUT2D eigenvalue weighted by atomic mass is 79.9. The van der Waals surface area contributed by atoms with Crippen LogP contribution in [0, 0.1) is 0 Å². The first-order valence-corrected chi connectivity index (χ1v) is 4.18. The molecule has 0 saturated carbocycles. The van der Waals surface area contributed by atoms with Gasteiger partial charge in [-0.25, -0.2) is 4.98 Å². The number of aromatic amines is 1. The van der Waals surface area contributed by atoms with Crippen LogP contribution in [0.2, 0.25) is 0 Å². The molecule has 0 radical (unpaired) electrons. The Kier molecular flexibility index (Phi) is 1.69. The van der Waals surface area contributed by atoms with E-state index in [2.05, 4.69) is 25.9 Å². The number of aldehydes is 1. The Labute approximate surface area is 76.9 Å². The number of aromatic nitrogens is 2. The summed E-state index contributed by atoms with van der Waals surface area (Å²) in [4.78, 5) is 17.5. The third-order valence-corrected chi connectivity index (χ3v) is 2.35. The number of imidazole rings is 1. The molecule has 0 fully saturated rings. The van der Waals surface area contributed by atoms with E-state index in [-0.39, 0.29) is 0 Å². The number of H-pyrrole nitrogens is 1. The van der Waals surface area contributed by atoms with E-state index in [0.717, 1.165) is 21.8 Å². The number of rotatable bonds is 1. The topological polar surface area (TPSA) is 45.8 Å². The summed E-state index contributed by atoms with van der Waals surface area (Å²) in [6.45, 7) is 0. The molecule has 2 aromatic rings. The molecular weight excluding hydrogens is 220 g/mol. The van der Waals surface area contributed by atoms with Gasteiger partial charge in [0.15, 0.2) is 6.29 Å². The molecule has 0 atom stereocenters. The molecule has 1 heterocycles. The second-order valence-corrected chi connectivity index (χ2v) is 3.27. The molecule has 0 amide bonds. The fourth-order valence-corrected chi connectivity index (χ4v) is 1.50. The van der Waals surface area contributed by atoms with Gasteiger partial charge in [0.1, 0.15) is 0 Å². The Morgan fingerprint density at radius 3 is 3.08 bits per heavy atom. The summed E-state index contributed by atoms with van der Waals surface area (Å²) in [5, 5.41) is 0. The fourth-order valence-electron chi connectivity index (χ4n) is 1.06. The van der Waals surface area contributed by atoms with Crippen molar-refractivity contribution in [2.24, 2.45) is 0 Å². The monoisotopic (exact) mass is 224 g/mol. The summed E-state index contributed by atoms with van der Waals surface area (Å²) >= 11 is 3.28. The predicted molar refractivity (Wildman–Crippen MR) is 49.2 cm³/mol. The zero-order valence-corrected chi connectivity index (χ0v) is 7.63. The lowest BCUT2D eigenvalue weighted by Crippen LogP contribution is -1.82. The van der Waals surface area contributed by atoms with Gasteiger partial charge in [-0.15, -0.1) is 0 Å². The molecule has 0 spiro atoms. The van der Waals surface area contributed by atoms with Crippen LogP contribution in [0.3, 0.4) is 0 Å². The van der Waals surface area contributed by atoms with Crippen LogP contribution >= 0.6 is 15.9 Å². The van der Waals surface area contributed by atoms with Gasteiger partial charge in [-0.2, -0.15) is 0 Å². The van der Waals surface area contributed by atoms with Crippen molar-refractivity contribution in [2.75, 3.05) is 0 Å². The highest BCUT2D eigenvalue weighted by Gasteiger charge is 2.02. The van der Waals surface area contributed by atoms with E-state index in [9.17, 15) is 4.79 Å². The molecule has 0 aliphatic rings. The zero-order chi connectivity index (χ0) is 8.55. The van der Waals surface area contributed by atoms with Crippen LogP contribution in [0.25, 0.3) is 11.0 Å². The molecule has 1 N–H and O–H groups in total. The van der Waals surface area contributed by atoms with E-state index in [4.69, 9.17) is 0 Å². The maximum Gasteiger partial charge on any atom is 0.151 e. The van der Waals surface area contributed by atoms with Gasteiger partial charge in [0, 0.05) is 10.0 Å². The van der Waals surface area contributed by atoms with Crippen LogP contribution in [-0.4, -0.2) is 16.3 Å². The average molecular weight is 225 g/mol. The highest BCUT2D eigenvalue weighted by molar-refractivity contribution is 9.10. The van der Waals surface area contributed by atoms with Crippen molar-refractivity contribution in [3.05, 3.63) is 28.5 Å². The lowest BCUT2D eigenvalue weighted by atomic mass is 10.2. The number of fused-ring (bicyclic) bond motifs is 1.